The molecule has 2 unspecified atom stereocenters. The largest absolute Gasteiger partial charge is 0.481 e. The van der Waals surface area contributed by atoms with Crippen LogP contribution in [0.1, 0.15) is 29.6 Å². The van der Waals surface area contributed by atoms with Gasteiger partial charge in [0.05, 0.1) is 12.5 Å². The highest BCUT2D eigenvalue weighted by molar-refractivity contribution is 5.94. The van der Waals surface area contributed by atoms with Crippen LogP contribution < -0.4 is 0 Å². The molecule has 2 saturated heterocycles. The smallest absolute Gasteiger partial charge is 0.313 e. The van der Waals surface area contributed by atoms with Gasteiger partial charge in [-0.3, -0.25) is 14.4 Å². The Labute approximate surface area is 158 Å². The summed E-state index contributed by atoms with van der Waals surface area (Å²) < 4.78 is 5.09. The molecule has 0 saturated carbocycles. The van der Waals surface area contributed by atoms with Crippen LogP contribution in [0.15, 0.2) is 30.3 Å². The Kier molecular flexibility index (Phi) is 5.79. The number of ether oxygens (including phenoxy) is 1. The number of rotatable bonds is 5. The van der Waals surface area contributed by atoms with E-state index >= 15 is 0 Å². The number of carbonyl (C=O) groups excluding carboxylic acids is 2. The number of nitrogens with zero attached hydrogens (tertiary/aromatic N) is 2. The summed E-state index contributed by atoms with van der Waals surface area (Å²) in [5, 5.41) is 9.57. The SMILES string of the molecule is COCC1(C(=O)O)CCN(C(=O)C2CCCN(C(=O)c3ccccc3)C2)C1. The molecule has 1 aromatic rings. The highest BCUT2D eigenvalue weighted by atomic mass is 16.5. The molecule has 2 fully saturated rings. The molecule has 146 valence electrons. The number of amides is 2. The average Bonchev–Trinajstić information content (AvgIpc) is 3.13. The fraction of sp³-hybridized carbons (Fsp3) is 0.550. The van der Waals surface area contributed by atoms with Crippen LogP contribution in [0.5, 0.6) is 0 Å². The zero-order valence-electron chi connectivity index (χ0n) is 15.6. The van der Waals surface area contributed by atoms with Crippen LogP contribution in [0, 0.1) is 11.3 Å². The van der Waals surface area contributed by atoms with E-state index in [1.165, 1.54) is 7.11 Å². The van der Waals surface area contributed by atoms with Gasteiger partial charge in [0.1, 0.15) is 5.41 Å². The molecule has 0 bridgehead atoms. The fourth-order valence-electron chi connectivity index (χ4n) is 4.08. The van der Waals surface area contributed by atoms with Gasteiger partial charge in [-0.2, -0.15) is 0 Å². The van der Waals surface area contributed by atoms with E-state index in [1.54, 1.807) is 21.9 Å². The first kappa shape index (κ1) is 19.4. The lowest BCUT2D eigenvalue weighted by Gasteiger charge is -2.34. The maximum atomic E-state index is 13.0. The zero-order chi connectivity index (χ0) is 19.4. The van der Waals surface area contributed by atoms with Crippen molar-refractivity contribution >= 4 is 17.8 Å². The van der Waals surface area contributed by atoms with Gasteiger partial charge in [-0.25, -0.2) is 0 Å². The van der Waals surface area contributed by atoms with Gasteiger partial charge in [-0.15, -0.1) is 0 Å². The zero-order valence-corrected chi connectivity index (χ0v) is 15.6. The molecule has 2 amide bonds. The van der Waals surface area contributed by atoms with E-state index in [0.717, 1.165) is 12.8 Å². The lowest BCUT2D eigenvalue weighted by atomic mass is 9.88. The second-order valence-electron chi connectivity index (χ2n) is 7.48. The molecule has 2 heterocycles. The number of aliphatic carboxylic acids is 1. The van der Waals surface area contributed by atoms with Crippen LogP contribution in [0.3, 0.4) is 0 Å². The number of benzene rings is 1. The van der Waals surface area contributed by atoms with Crippen LogP contribution >= 0.6 is 0 Å². The Hall–Kier alpha value is -2.41. The third-order valence-electron chi connectivity index (χ3n) is 5.62. The van der Waals surface area contributed by atoms with Gasteiger partial charge in [0.2, 0.25) is 5.91 Å². The average molecular weight is 374 g/mol. The second kappa shape index (κ2) is 8.08. The first-order valence-electron chi connectivity index (χ1n) is 9.32. The van der Waals surface area contributed by atoms with E-state index in [2.05, 4.69) is 0 Å². The molecule has 0 spiro atoms. The van der Waals surface area contributed by atoms with Gasteiger partial charge in [0.15, 0.2) is 0 Å². The van der Waals surface area contributed by atoms with Gasteiger partial charge in [-0.1, -0.05) is 18.2 Å². The van der Waals surface area contributed by atoms with Crippen molar-refractivity contribution in [1.82, 2.24) is 9.80 Å². The lowest BCUT2D eigenvalue weighted by Crippen LogP contribution is -2.47. The van der Waals surface area contributed by atoms with Crippen molar-refractivity contribution in [3.8, 4) is 0 Å². The summed E-state index contributed by atoms with van der Waals surface area (Å²) in [5.41, 5.74) is -0.407. The summed E-state index contributed by atoms with van der Waals surface area (Å²) in [6.45, 7) is 1.69. The maximum absolute atomic E-state index is 13.0. The first-order chi connectivity index (χ1) is 13.0. The van der Waals surface area contributed by atoms with Crippen molar-refractivity contribution in [2.24, 2.45) is 11.3 Å². The van der Waals surface area contributed by atoms with Crippen LogP contribution in [-0.2, 0) is 14.3 Å². The van der Waals surface area contributed by atoms with Crippen molar-refractivity contribution < 1.29 is 24.2 Å². The topological polar surface area (TPSA) is 87.2 Å². The Bertz CT molecular complexity index is 708. The number of carboxylic acids is 1. The third-order valence-corrected chi connectivity index (χ3v) is 5.62. The maximum Gasteiger partial charge on any atom is 0.313 e. The van der Waals surface area contributed by atoms with Crippen molar-refractivity contribution in [2.45, 2.75) is 19.3 Å². The quantitative estimate of drug-likeness (QED) is 0.844. The van der Waals surface area contributed by atoms with Gasteiger partial charge >= 0.3 is 5.97 Å². The minimum Gasteiger partial charge on any atom is -0.481 e. The monoisotopic (exact) mass is 374 g/mol. The second-order valence-corrected chi connectivity index (χ2v) is 7.48. The molecule has 1 aromatic carbocycles. The van der Waals surface area contributed by atoms with Crippen LogP contribution in [-0.4, -0.2) is 72.6 Å². The summed E-state index contributed by atoms with van der Waals surface area (Å²) in [6, 6.07) is 9.07. The lowest BCUT2D eigenvalue weighted by molar-refractivity contribution is -0.152. The number of likely N-dealkylation sites (tertiary alicyclic amines) is 2. The van der Waals surface area contributed by atoms with Gasteiger partial charge < -0.3 is 19.6 Å². The minimum absolute atomic E-state index is 0.0558. The van der Waals surface area contributed by atoms with Crippen LogP contribution in [0.25, 0.3) is 0 Å². The highest BCUT2D eigenvalue weighted by Gasteiger charge is 2.47. The Balaban J connectivity index is 1.65. The van der Waals surface area contributed by atoms with E-state index in [4.69, 9.17) is 4.74 Å². The van der Waals surface area contributed by atoms with Crippen molar-refractivity contribution in [3.63, 3.8) is 0 Å². The molecule has 0 aliphatic carbocycles. The molecule has 2 atom stereocenters. The number of hydrogen-bond donors (Lipinski definition) is 1. The van der Waals surface area contributed by atoms with E-state index in [-0.39, 0.29) is 30.9 Å². The van der Waals surface area contributed by atoms with Crippen molar-refractivity contribution in [1.29, 1.82) is 0 Å². The van der Waals surface area contributed by atoms with Gasteiger partial charge in [0.25, 0.3) is 5.91 Å². The first-order valence-corrected chi connectivity index (χ1v) is 9.32. The normalized spacial score (nSPS) is 25.4. The molecule has 27 heavy (non-hydrogen) atoms. The molecular weight excluding hydrogens is 348 g/mol. The van der Waals surface area contributed by atoms with Gasteiger partial charge in [0, 0.05) is 38.9 Å². The van der Waals surface area contributed by atoms with E-state index in [0.29, 0.717) is 31.6 Å². The highest BCUT2D eigenvalue weighted by Crippen LogP contribution is 2.33. The molecular formula is C20H26N2O5. The predicted molar refractivity (Wildman–Crippen MR) is 98.2 cm³/mol. The van der Waals surface area contributed by atoms with E-state index < -0.39 is 11.4 Å². The molecule has 7 heteroatoms. The molecule has 1 N–H and O–H groups in total. The summed E-state index contributed by atoms with van der Waals surface area (Å²) in [5.74, 6) is -1.32. The standard InChI is InChI=1S/C20H26N2O5/c1-27-14-20(19(25)26)9-11-22(13-20)18(24)16-8-5-10-21(12-16)17(23)15-6-3-2-4-7-15/h2-4,6-7,16H,5,8-14H2,1H3,(H,25,26). The Morgan fingerprint density at radius 2 is 1.93 bits per heavy atom. The van der Waals surface area contributed by atoms with Crippen molar-refractivity contribution in [2.75, 3.05) is 39.9 Å². The van der Waals surface area contributed by atoms with Crippen LogP contribution in [0.4, 0.5) is 0 Å². The summed E-state index contributed by atoms with van der Waals surface area (Å²) in [6.07, 6.45) is 1.88. The third kappa shape index (κ3) is 3.98. The molecule has 2 aliphatic heterocycles. The van der Waals surface area contributed by atoms with Crippen LogP contribution in [0.2, 0.25) is 0 Å². The predicted octanol–water partition coefficient (Wildman–Crippen LogP) is 1.49. The number of carboxylic acid groups (broad SMARTS) is 1. The Morgan fingerprint density at radius 3 is 2.59 bits per heavy atom. The van der Waals surface area contributed by atoms with E-state index in [9.17, 15) is 19.5 Å². The minimum atomic E-state index is -1.03. The molecule has 0 aromatic heterocycles. The molecule has 2 aliphatic rings. The number of piperidine rings is 1. The summed E-state index contributed by atoms with van der Waals surface area (Å²) >= 11 is 0. The number of hydrogen-bond acceptors (Lipinski definition) is 4. The fourth-order valence-corrected chi connectivity index (χ4v) is 4.08. The van der Waals surface area contributed by atoms with Crippen molar-refractivity contribution in [3.05, 3.63) is 35.9 Å². The molecule has 0 radical (unpaired) electrons. The number of methoxy groups -OCH3 is 1. The van der Waals surface area contributed by atoms with E-state index in [1.807, 2.05) is 18.2 Å². The van der Waals surface area contributed by atoms with Gasteiger partial charge in [-0.05, 0) is 31.4 Å². The number of carbonyl (C=O) groups is 3. The Morgan fingerprint density at radius 1 is 1.19 bits per heavy atom. The molecule has 3 rings (SSSR count). The summed E-state index contributed by atoms with van der Waals surface area (Å²) in [4.78, 5) is 40.7. The summed E-state index contributed by atoms with van der Waals surface area (Å²) in [7, 11) is 1.48. The molecule has 7 nitrogen and oxygen atoms in total.